The first-order valence-corrected chi connectivity index (χ1v) is 25.2. The SMILES string of the molecule is CCC(=O)[C@H](Cc1cnc[nH]1)NC(=O)[C@@H]1CCCN1C(=O)[C@@H](CC(=O)[C@H](Cc1ccccc1)NC(=O)[C@@H]1CCCN1C(=O)[C@H](CO)NC(=O)[C@H](CCC(N)=O)CC(=O)[C@H](CCSC)NC(C)=O)[C@@H](C)O. The molecule has 7 amide bonds. The highest BCUT2D eigenvalue weighted by Crippen LogP contribution is 2.26. The van der Waals surface area contributed by atoms with Gasteiger partial charge in [0, 0.05) is 69.9 Å². The summed E-state index contributed by atoms with van der Waals surface area (Å²) < 4.78 is 0. The van der Waals surface area contributed by atoms with E-state index < -0.39 is 127 Å². The average Bonchev–Trinajstić information content (AvgIpc) is 4.15. The number of carbonyl (C=O) groups is 10. The monoisotopic (exact) mass is 995 g/mol. The number of hydrogen-bond donors (Lipinski definition) is 8. The minimum absolute atomic E-state index is 0.0223. The number of imidazole rings is 1. The zero-order valence-electron chi connectivity index (χ0n) is 40.4. The van der Waals surface area contributed by atoms with Crippen LogP contribution in [0.4, 0.5) is 0 Å². The summed E-state index contributed by atoms with van der Waals surface area (Å²) in [5.41, 5.74) is 6.65. The molecule has 384 valence electrons. The summed E-state index contributed by atoms with van der Waals surface area (Å²) in [4.78, 5) is 144. The van der Waals surface area contributed by atoms with Gasteiger partial charge in [0.25, 0.3) is 0 Å². The fourth-order valence-corrected chi connectivity index (χ4v) is 9.35. The van der Waals surface area contributed by atoms with E-state index in [9.17, 15) is 58.2 Å². The van der Waals surface area contributed by atoms with Crippen molar-refractivity contribution >= 4 is 70.5 Å². The van der Waals surface area contributed by atoms with Crippen LogP contribution in [0.15, 0.2) is 42.9 Å². The highest BCUT2D eigenvalue weighted by Gasteiger charge is 2.43. The number of nitrogens with zero attached hydrogens (tertiary/aromatic N) is 3. The van der Waals surface area contributed by atoms with Gasteiger partial charge in [-0.25, -0.2) is 4.98 Å². The van der Waals surface area contributed by atoms with Gasteiger partial charge in [-0.1, -0.05) is 37.3 Å². The smallest absolute Gasteiger partial charge is 0.248 e. The first kappa shape index (κ1) is 56.6. The lowest BCUT2D eigenvalue weighted by Gasteiger charge is -2.31. The van der Waals surface area contributed by atoms with Crippen LogP contribution in [0.5, 0.6) is 0 Å². The molecular weight excluding hydrogens is 927 g/mol. The number of aromatic nitrogens is 2. The van der Waals surface area contributed by atoms with Crippen molar-refractivity contribution in [2.24, 2.45) is 17.6 Å². The van der Waals surface area contributed by atoms with Gasteiger partial charge in [0.1, 0.15) is 18.1 Å². The Balaban J connectivity index is 1.50. The van der Waals surface area contributed by atoms with Crippen molar-refractivity contribution in [2.75, 3.05) is 31.7 Å². The number of amides is 7. The second-order valence-electron chi connectivity index (χ2n) is 18.0. The molecule has 0 unspecified atom stereocenters. The molecule has 70 heavy (non-hydrogen) atoms. The highest BCUT2D eigenvalue weighted by atomic mass is 32.2. The normalized spacial score (nSPS) is 18.6. The molecule has 9 N–H and O–H groups in total. The molecule has 2 aliphatic heterocycles. The third-order valence-corrected chi connectivity index (χ3v) is 13.4. The first-order valence-electron chi connectivity index (χ1n) is 23.8. The molecule has 0 aliphatic carbocycles. The number of hydrogen-bond acceptors (Lipinski definition) is 14. The van der Waals surface area contributed by atoms with E-state index in [1.165, 1.54) is 41.7 Å². The lowest BCUT2D eigenvalue weighted by Crippen LogP contribution is -2.57. The number of ketones is 3. The molecule has 4 rings (SSSR count). The first-order chi connectivity index (χ1) is 33.4. The molecule has 2 fully saturated rings. The van der Waals surface area contributed by atoms with E-state index in [0.717, 1.165) is 0 Å². The van der Waals surface area contributed by atoms with Gasteiger partial charge in [0.2, 0.25) is 41.4 Å². The third-order valence-electron chi connectivity index (χ3n) is 12.7. The Labute approximate surface area is 412 Å². The van der Waals surface area contributed by atoms with Gasteiger partial charge < -0.3 is 52.0 Å². The van der Waals surface area contributed by atoms with Gasteiger partial charge in [-0.15, -0.1) is 0 Å². The van der Waals surface area contributed by atoms with Crippen molar-refractivity contribution in [1.29, 1.82) is 0 Å². The van der Waals surface area contributed by atoms with Crippen LogP contribution in [-0.4, -0.2) is 163 Å². The number of Topliss-reactive ketones (excluding diaryl/α,β-unsaturated/α-hetero) is 3. The molecule has 21 nitrogen and oxygen atoms in total. The van der Waals surface area contributed by atoms with Crippen molar-refractivity contribution < 1.29 is 58.2 Å². The zero-order chi connectivity index (χ0) is 51.5. The van der Waals surface area contributed by atoms with Gasteiger partial charge in [0.15, 0.2) is 17.3 Å². The number of carbonyl (C=O) groups excluding carboxylic acids is 10. The zero-order valence-corrected chi connectivity index (χ0v) is 41.2. The van der Waals surface area contributed by atoms with Crippen LogP contribution in [0.2, 0.25) is 0 Å². The summed E-state index contributed by atoms with van der Waals surface area (Å²) in [7, 11) is 0. The number of aliphatic hydroxyl groups is 2. The second kappa shape index (κ2) is 28.0. The topological polar surface area (TPSA) is 320 Å². The molecule has 1 aromatic heterocycles. The number of nitrogens with one attached hydrogen (secondary N) is 5. The van der Waals surface area contributed by atoms with Gasteiger partial charge >= 0.3 is 0 Å². The molecule has 1 aromatic carbocycles. The van der Waals surface area contributed by atoms with Crippen molar-refractivity contribution in [3.05, 3.63) is 54.1 Å². The van der Waals surface area contributed by atoms with Crippen LogP contribution in [0.25, 0.3) is 0 Å². The van der Waals surface area contributed by atoms with Crippen LogP contribution in [0.3, 0.4) is 0 Å². The summed E-state index contributed by atoms with van der Waals surface area (Å²) in [6, 6.07) is 2.01. The number of aliphatic hydroxyl groups excluding tert-OH is 2. The Hall–Kier alpha value is -6.00. The van der Waals surface area contributed by atoms with Crippen molar-refractivity contribution in [1.82, 2.24) is 41.0 Å². The molecule has 0 spiro atoms. The fourth-order valence-electron chi connectivity index (χ4n) is 8.88. The largest absolute Gasteiger partial charge is 0.394 e. The van der Waals surface area contributed by atoms with Crippen LogP contribution < -0.4 is 27.0 Å². The van der Waals surface area contributed by atoms with Crippen LogP contribution in [-0.2, 0) is 60.8 Å². The minimum Gasteiger partial charge on any atom is -0.394 e. The van der Waals surface area contributed by atoms with Gasteiger partial charge in [-0.3, -0.25) is 47.9 Å². The van der Waals surface area contributed by atoms with Crippen LogP contribution in [0.1, 0.15) is 96.2 Å². The Morgan fingerprint density at radius 3 is 1.93 bits per heavy atom. The maximum atomic E-state index is 14.4. The van der Waals surface area contributed by atoms with E-state index in [1.807, 2.05) is 6.26 Å². The van der Waals surface area contributed by atoms with Crippen LogP contribution in [0, 0.1) is 11.8 Å². The summed E-state index contributed by atoms with van der Waals surface area (Å²) in [5.74, 6) is -7.98. The summed E-state index contributed by atoms with van der Waals surface area (Å²) in [6.07, 6.45) is 3.96. The van der Waals surface area contributed by atoms with Crippen molar-refractivity contribution in [2.45, 2.75) is 140 Å². The molecule has 2 aliphatic rings. The molecule has 22 heteroatoms. The molecule has 0 radical (unpaired) electrons. The molecule has 0 saturated carbocycles. The predicted octanol–water partition coefficient (Wildman–Crippen LogP) is -0.342. The van der Waals surface area contributed by atoms with Crippen LogP contribution >= 0.6 is 11.8 Å². The number of aromatic amines is 1. The van der Waals surface area contributed by atoms with E-state index >= 15 is 0 Å². The molecule has 3 heterocycles. The number of rotatable bonds is 29. The Kier molecular flexibility index (Phi) is 22.6. The molecule has 2 saturated heterocycles. The Morgan fingerprint density at radius 1 is 0.800 bits per heavy atom. The fraction of sp³-hybridized carbons (Fsp3) is 0.604. The summed E-state index contributed by atoms with van der Waals surface area (Å²) in [6.45, 7) is 3.62. The summed E-state index contributed by atoms with van der Waals surface area (Å²) in [5, 5.41) is 32.0. The maximum Gasteiger partial charge on any atom is 0.248 e. The standard InChI is InChI=1S/C48H69N9O12S/c1-5-40(61)36(23-32-25-50-27-51-32)54-45(66)38-13-9-18-56(38)47(68)33(28(2)59)24-42(63)35(21-30-11-7-6-8-12-30)53-46(67)39-14-10-19-57(39)48(69)37(26-58)55-44(65)31(15-16-43(49)64)22-41(62)34(17-20-70-4)52-29(3)60/h6-8,11-12,25,27-28,31,33-39,58-59H,5,9-10,13-24,26H2,1-4H3,(H2,49,64)(H,50,51)(H,52,60)(H,53,67)(H,54,66)(H,55,65)/t28-,31-,33+,34+,35+,36+,37+,38+,39+/m1/s1. The van der Waals surface area contributed by atoms with E-state index in [4.69, 9.17) is 5.73 Å². The number of thioether (sulfide) groups is 1. The second-order valence-corrected chi connectivity index (χ2v) is 18.9. The lowest BCUT2D eigenvalue weighted by atomic mass is 9.90. The van der Waals surface area contributed by atoms with Gasteiger partial charge in [0.05, 0.1) is 43.1 Å². The van der Waals surface area contributed by atoms with E-state index in [-0.39, 0.29) is 70.2 Å². The summed E-state index contributed by atoms with van der Waals surface area (Å²) >= 11 is 1.46. The minimum atomic E-state index is -1.57. The van der Waals surface area contributed by atoms with E-state index in [2.05, 4.69) is 31.2 Å². The number of primary amides is 1. The number of benzene rings is 1. The lowest BCUT2D eigenvalue weighted by molar-refractivity contribution is -0.147. The van der Waals surface area contributed by atoms with Gasteiger partial charge in [-0.05, 0) is 69.4 Å². The Bertz CT molecular complexity index is 2140. The van der Waals surface area contributed by atoms with E-state index in [1.54, 1.807) is 43.5 Å². The van der Waals surface area contributed by atoms with E-state index in [0.29, 0.717) is 29.9 Å². The number of H-pyrrole nitrogens is 1. The molecular formula is C48H69N9O12S. The predicted molar refractivity (Wildman–Crippen MR) is 257 cm³/mol. The number of likely N-dealkylation sites (tertiary alicyclic amines) is 2. The average molecular weight is 996 g/mol. The maximum absolute atomic E-state index is 14.4. The molecule has 9 atom stereocenters. The Morgan fingerprint density at radius 2 is 1.40 bits per heavy atom. The highest BCUT2D eigenvalue weighted by molar-refractivity contribution is 7.98. The van der Waals surface area contributed by atoms with Crippen molar-refractivity contribution in [3.8, 4) is 0 Å². The molecule has 2 aromatic rings. The van der Waals surface area contributed by atoms with Crippen molar-refractivity contribution in [3.63, 3.8) is 0 Å². The molecule has 0 bridgehead atoms. The number of nitrogens with two attached hydrogens (primary N) is 1. The third kappa shape index (κ3) is 16.6. The quantitative estimate of drug-likeness (QED) is 0.0517. The van der Waals surface area contributed by atoms with Gasteiger partial charge in [-0.2, -0.15) is 11.8 Å².